The Morgan fingerprint density at radius 3 is 2.14 bits per heavy atom. The van der Waals surface area contributed by atoms with E-state index >= 15 is 0 Å². The number of aliphatic hydroxyl groups excluding tert-OH is 4. The molecule has 0 bridgehead atoms. The summed E-state index contributed by atoms with van der Waals surface area (Å²) in [5.74, 6) is 0. The number of rotatable bonds is 1. The van der Waals surface area contributed by atoms with Crippen LogP contribution in [0.25, 0.3) is 0 Å². The zero-order chi connectivity index (χ0) is 9.30. The fourth-order valence-electron chi connectivity index (χ4n) is 1.12. The Kier molecular flexibility index (Phi) is 9.15. The first kappa shape index (κ1) is 17.4. The van der Waals surface area contributed by atoms with E-state index in [9.17, 15) is 10.2 Å². The van der Waals surface area contributed by atoms with Crippen LogP contribution in [0.2, 0.25) is 0 Å². The molecule has 1 aliphatic rings. The zero-order valence-corrected chi connectivity index (χ0v) is 10.6. The Balaban J connectivity index is -0.000000480. The monoisotopic (exact) mass is 239 g/mol. The fourth-order valence-corrected chi connectivity index (χ4v) is 1.12. The van der Waals surface area contributed by atoms with Gasteiger partial charge in [0.1, 0.15) is 18.3 Å². The average Bonchev–Trinajstić information content (AvgIpc) is 2.08. The van der Waals surface area contributed by atoms with E-state index < -0.39 is 37.3 Å². The SMILES string of the molecule is Cl.N[C@@H]1[C@@H](O)[C@H](O)[C@@H](CO)O[C@H]1O.[H-].[Na+]. The van der Waals surface area contributed by atoms with Gasteiger partial charge in [0.2, 0.25) is 0 Å². The van der Waals surface area contributed by atoms with Gasteiger partial charge in [-0.25, -0.2) is 0 Å². The van der Waals surface area contributed by atoms with Gasteiger partial charge >= 0.3 is 29.6 Å². The molecular formula is C6H15ClNNaO5. The molecule has 0 spiro atoms. The molecule has 6 nitrogen and oxygen atoms in total. The van der Waals surface area contributed by atoms with E-state index in [-0.39, 0.29) is 43.4 Å². The normalized spacial score (nSPS) is 42.2. The molecule has 6 N–H and O–H groups in total. The zero-order valence-electron chi connectivity index (χ0n) is 8.78. The summed E-state index contributed by atoms with van der Waals surface area (Å²) < 4.78 is 4.70. The van der Waals surface area contributed by atoms with Gasteiger partial charge in [0.15, 0.2) is 6.29 Å². The maximum Gasteiger partial charge on any atom is 1.00 e. The molecule has 0 radical (unpaired) electrons. The van der Waals surface area contributed by atoms with Gasteiger partial charge < -0.3 is 32.3 Å². The van der Waals surface area contributed by atoms with Crippen molar-refractivity contribution in [2.45, 2.75) is 30.6 Å². The number of aliphatic hydroxyl groups is 4. The van der Waals surface area contributed by atoms with Gasteiger partial charge in [-0.1, -0.05) is 0 Å². The summed E-state index contributed by atoms with van der Waals surface area (Å²) in [7, 11) is 0. The van der Waals surface area contributed by atoms with Crippen LogP contribution >= 0.6 is 12.4 Å². The molecule has 1 heterocycles. The molecule has 14 heavy (non-hydrogen) atoms. The van der Waals surface area contributed by atoms with Gasteiger partial charge in [-0.05, 0) is 0 Å². The van der Waals surface area contributed by atoms with Crippen LogP contribution in [-0.2, 0) is 4.74 Å². The van der Waals surface area contributed by atoms with Crippen molar-refractivity contribution >= 4 is 12.4 Å². The first-order valence-corrected chi connectivity index (χ1v) is 3.64. The van der Waals surface area contributed by atoms with Crippen LogP contribution in [0.15, 0.2) is 0 Å². The van der Waals surface area contributed by atoms with Crippen molar-refractivity contribution in [3.05, 3.63) is 0 Å². The van der Waals surface area contributed by atoms with Crippen molar-refractivity contribution < 1.29 is 56.1 Å². The molecular weight excluding hydrogens is 225 g/mol. The number of nitrogens with two attached hydrogens (primary N) is 1. The standard InChI is InChI=1S/C6H13NO5.ClH.Na.H/c7-3-5(10)4(9)2(1-8)12-6(3)11;;;/h2-6,8-11H,1,7H2;1H;;/q;;+1;-1/t2-,3-,4-,5-,6-;;;/m1.../s1. The van der Waals surface area contributed by atoms with Crippen molar-refractivity contribution in [1.82, 2.24) is 0 Å². The predicted molar refractivity (Wildman–Crippen MR) is 46.3 cm³/mol. The summed E-state index contributed by atoms with van der Waals surface area (Å²) in [5, 5.41) is 36.1. The van der Waals surface area contributed by atoms with Crippen LogP contribution in [0.1, 0.15) is 1.43 Å². The topological polar surface area (TPSA) is 116 Å². The Bertz CT molecular complexity index is 166. The maximum absolute atomic E-state index is 9.20. The summed E-state index contributed by atoms with van der Waals surface area (Å²) in [4.78, 5) is 0. The molecule has 5 atom stereocenters. The summed E-state index contributed by atoms with van der Waals surface area (Å²) in [6.07, 6.45) is -4.85. The van der Waals surface area contributed by atoms with Gasteiger partial charge in [0, 0.05) is 0 Å². The summed E-state index contributed by atoms with van der Waals surface area (Å²) in [6.45, 7) is -0.470. The molecule has 8 heteroatoms. The predicted octanol–water partition coefficient (Wildman–Crippen LogP) is -5.72. The summed E-state index contributed by atoms with van der Waals surface area (Å²) in [6, 6.07) is -1.04. The molecule has 0 aliphatic carbocycles. The van der Waals surface area contributed by atoms with Crippen molar-refractivity contribution in [3.63, 3.8) is 0 Å². The minimum atomic E-state index is -1.35. The second-order valence-electron chi connectivity index (χ2n) is 2.81. The Morgan fingerprint density at radius 1 is 1.21 bits per heavy atom. The van der Waals surface area contributed by atoms with Crippen LogP contribution < -0.4 is 35.3 Å². The first-order chi connectivity index (χ1) is 5.57. The fraction of sp³-hybridized carbons (Fsp3) is 1.00. The van der Waals surface area contributed by atoms with E-state index in [2.05, 4.69) is 0 Å². The van der Waals surface area contributed by atoms with Crippen molar-refractivity contribution in [2.75, 3.05) is 6.61 Å². The van der Waals surface area contributed by atoms with Gasteiger partial charge in [-0.15, -0.1) is 12.4 Å². The van der Waals surface area contributed by atoms with Gasteiger partial charge in [-0.3, -0.25) is 0 Å². The summed E-state index contributed by atoms with van der Waals surface area (Å²) in [5.41, 5.74) is 5.26. The summed E-state index contributed by atoms with van der Waals surface area (Å²) >= 11 is 0. The van der Waals surface area contributed by atoms with Gasteiger partial charge in [-0.2, -0.15) is 0 Å². The minimum absolute atomic E-state index is 0. The van der Waals surface area contributed by atoms with E-state index in [4.69, 9.17) is 20.7 Å². The smallest absolute Gasteiger partial charge is 1.00 e. The van der Waals surface area contributed by atoms with Crippen LogP contribution in [0.4, 0.5) is 0 Å². The van der Waals surface area contributed by atoms with Crippen molar-refractivity contribution in [3.8, 4) is 0 Å². The van der Waals surface area contributed by atoms with Crippen LogP contribution in [0.5, 0.6) is 0 Å². The number of halogens is 1. The first-order valence-electron chi connectivity index (χ1n) is 3.64. The molecule has 0 amide bonds. The third-order valence-corrected chi connectivity index (χ3v) is 1.95. The third-order valence-electron chi connectivity index (χ3n) is 1.95. The second-order valence-corrected chi connectivity index (χ2v) is 2.81. The largest absolute Gasteiger partial charge is 1.00 e. The average molecular weight is 240 g/mol. The molecule has 0 saturated carbocycles. The van der Waals surface area contributed by atoms with E-state index in [1.165, 1.54) is 0 Å². The maximum atomic E-state index is 9.20. The Hall–Kier alpha value is 1.05. The van der Waals surface area contributed by atoms with E-state index in [0.29, 0.717) is 0 Å². The van der Waals surface area contributed by atoms with E-state index in [1.807, 2.05) is 0 Å². The molecule has 1 aliphatic heterocycles. The molecule has 1 saturated heterocycles. The van der Waals surface area contributed by atoms with Crippen molar-refractivity contribution in [1.29, 1.82) is 0 Å². The Morgan fingerprint density at radius 2 is 1.71 bits per heavy atom. The van der Waals surface area contributed by atoms with Gasteiger partial charge in [0.25, 0.3) is 0 Å². The minimum Gasteiger partial charge on any atom is -1.00 e. The van der Waals surface area contributed by atoms with Crippen LogP contribution in [0.3, 0.4) is 0 Å². The van der Waals surface area contributed by atoms with Crippen LogP contribution in [0, 0.1) is 0 Å². The van der Waals surface area contributed by atoms with Crippen molar-refractivity contribution in [2.24, 2.45) is 5.73 Å². The molecule has 82 valence electrons. The molecule has 0 aromatic rings. The Labute approximate surface area is 111 Å². The third kappa shape index (κ3) is 3.57. The number of hydrogen-bond donors (Lipinski definition) is 5. The molecule has 0 aromatic heterocycles. The van der Waals surface area contributed by atoms with E-state index in [0.717, 1.165) is 0 Å². The molecule has 1 fully saturated rings. The second kappa shape index (κ2) is 7.34. The molecule has 0 unspecified atom stereocenters. The molecule has 0 aromatic carbocycles. The van der Waals surface area contributed by atoms with Crippen LogP contribution in [-0.4, -0.2) is 57.7 Å². The van der Waals surface area contributed by atoms with Gasteiger partial charge in [0.05, 0.1) is 12.6 Å². The molecule has 1 rings (SSSR count). The quantitative estimate of drug-likeness (QED) is 0.291. The number of hydrogen-bond acceptors (Lipinski definition) is 6. The van der Waals surface area contributed by atoms with E-state index in [1.54, 1.807) is 0 Å². The number of ether oxygens (including phenoxy) is 1.